The Morgan fingerprint density at radius 2 is 1.12 bits per heavy atom. The molecule has 0 saturated carbocycles. The molecule has 0 aliphatic heterocycles. The molecule has 288 valence electrons. The van der Waals surface area contributed by atoms with Crippen molar-refractivity contribution in [3.63, 3.8) is 0 Å². The summed E-state index contributed by atoms with van der Waals surface area (Å²) >= 11 is 0. The third kappa shape index (κ3) is 12.1. The second-order valence-corrected chi connectivity index (χ2v) is 16.6. The highest BCUT2D eigenvalue weighted by atomic mass is 19.1. The number of aliphatic imine (C=N–C) groups is 1. The van der Waals surface area contributed by atoms with Gasteiger partial charge in [-0.15, -0.1) is 0 Å². The predicted octanol–water partition coefficient (Wildman–Crippen LogP) is 12.3. The molecule has 6 heteroatoms. The van der Waals surface area contributed by atoms with E-state index >= 15 is 0 Å². The second kappa shape index (κ2) is 20.2. The van der Waals surface area contributed by atoms with Crippen LogP contribution < -0.4 is 9.47 Å². The molecule has 3 rings (SSSR count). The van der Waals surface area contributed by atoms with Crippen molar-refractivity contribution in [2.75, 3.05) is 13.2 Å². The molecule has 3 aromatic rings. The van der Waals surface area contributed by atoms with Gasteiger partial charge >= 0.3 is 0 Å². The quantitative estimate of drug-likeness (QED) is 0.0850. The van der Waals surface area contributed by atoms with Crippen LogP contribution in [0.25, 0.3) is 0 Å². The maximum atomic E-state index is 14.4. The lowest BCUT2D eigenvalue weighted by atomic mass is 9.75. The van der Waals surface area contributed by atoms with Crippen LogP contribution in [0.5, 0.6) is 17.2 Å². The van der Waals surface area contributed by atoms with Crippen LogP contribution in [0.3, 0.4) is 0 Å². The molecule has 0 radical (unpaired) electrons. The average molecular weight is 718 g/mol. The van der Waals surface area contributed by atoms with Gasteiger partial charge in [-0.2, -0.15) is 0 Å². The smallest absolute Gasteiger partial charge is 0.165 e. The van der Waals surface area contributed by atoms with Gasteiger partial charge in [0.05, 0.1) is 19.3 Å². The van der Waals surface area contributed by atoms with Crippen molar-refractivity contribution in [1.29, 1.82) is 0 Å². The molecule has 0 spiro atoms. The van der Waals surface area contributed by atoms with Gasteiger partial charge in [0.25, 0.3) is 0 Å². The van der Waals surface area contributed by atoms with Crippen molar-refractivity contribution in [1.82, 2.24) is 0 Å². The Labute approximate surface area is 315 Å². The van der Waals surface area contributed by atoms with E-state index in [1.165, 1.54) is 69.7 Å². The number of aliphatic hydroxyl groups is 1. The number of hydrogen-bond donors (Lipinski definition) is 2. The van der Waals surface area contributed by atoms with E-state index in [0.717, 1.165) is 36.8 Å². The lowest BCUT2D eigenvalue weighted by Crippen LogP contribution is -2.39. The van der Waals surface area contributed by atoms with Crippen LogP contribution in [-0.2, 0) is 16.4 Å². The minimum atomic E-state index is -1.73. The maximum absolute atomic E-state index is 14.4. The number of halogens is 1. The zero-order valence-corrected chi connectivity index (χ0v) is 33.8. The minimum Gasteiger partial charge on any atom is -0.504 e. The molecule has 0 aromatic heterocycles. The predicted molar refractivity (Wildman–Crippen MR) is 216 cm³/mol. The van der Waals surface area contributed by atoms with Crippen LogP contribution in [-0.4, -0.2) is 35.7 Å². The van der Waals surface area contributed by atoms with Gasteiger partial charge in [-0.1, -0.05) is 138 Å². The first-order valence-corrected chi connectivity index (χ1v) is 19.9. The van der Waals surface area contributed by atoms with E-state index in [1.807, 2.05) is 19.1 Å². The van der Waals surface area contributed by atoms with Gasteiger partial charge in [0.15, 0.2) is 11.6 Å². The standard InChI is InChI=1S/C46H68FNO4/c1-10-12-14-16-18-20-29-51-41-27-25-36(44(4,5)6)31-38(41)46(50,34(3)48-33-35-23-22-24-40(47)43(35)49)39-32-37(45(7,8)9)26-28-42(39)52-30-21-19-17-15-13-11-2/h22-28,31-34,49-50H,10-21,29-30H2,1-9H3. The van der Waals surface area contributed by atoms with E-state index < -0.39 is 23.2 Å². The van der Waals surface area contributed by atoms with Crippen molar-refractivity contribution < 1.29 is 24.1 Å². The van der Waals surface area contributed by atoms with Crippen LogP contribution in [0.2, 0.25) is 0 Å². The number of hydrogen-bond acceptors (Lipinski definition) is 5. The monoisotopic (exact) mass is 718 g/mol. The van der Waals surface area contributed by atoms with Crippen LogP contribution in [0.15, 0.2) is 59.6 Å². The molecular formula is C46H68FNO4. The van der Waals surface area contributed by atoms with E-state index in [-0.39, 0.29) is 16.4 Å². The summed E-state index contributed by atoms with van der Waals surface area (Å²) in [5.74, 6) is 0.00115. The van der Waals surface area contributed by atoms with E-state index in [2.05, 4.69) is 79.7 Å². The third-order valence-corrected chi connectivity index (χ3v) is 10.1. The highest BCUT2D eigenvalue weighted by molar-refractivity contribution is 5.83. The Balaban J connectivity index is 2.22. The zero-order valence-electron chi connectivity index (χ0n) is 33.8. The van der Waals surface area contributed by atoms with Gasteiger partial charge in [-0.25, -0.2) is 4.39 Å². The first kappa shape index (κ1) is 43.0. The number of rotatable bonds is 21. The van der Waals surface area contributed by atoms with Gasteiger partial charge in [0.1, 0.15) is 17.1 Å². The molecule has 0 fully saturated rings. The largest absolute Gasteiger partial charge is 0.504 e. The number of phenols is 1. The van der Waals surface area contributed by atoms with Crippen molar-refractivity contribution in [3.8, 4) is 17.2 Å². The fourth-order valence-corrected chi connectivity index (χ4v) is 6.50. The van der Waals surface area contributed by atoms with Crippen molar-refractivity contribution in [2.24, 2.45) is 4.99 Å². The summed E-state index contributed by atoms with van der Waals surface area (Å²) < 4.78 is 27.5. The number of para-hydroxylation sites is 1. The fraction of sp³-hybridized carbons (Fsp3) is 0.587. The summed E-state index contributed by atoms with van der Waals surface area (Å²) in [6.45, 7) is 20.3. The number of unbranched alkanes of at least 4 members (excludes halogenated alkanes) is 10. The Morgan fingerprint density at radius 1 is 0.673 bits per heavy atom. The Kier molecular flexibility index (Phi) is 16.7. The lowest BCUT2D eigenvalue weighted by molar-refractivity contribution is 0.0519. The Hall–Kier alpha value is -3.38. The molecule has 0 aliphatic carbocycles. The second-order valence-electron chi connectivity index (χ2n) is 16.6. The number of nitrogens with zero attached hydrogens (tertiary/aromatic N) is 1. The van der Waals surface area contributed by atoms with Gasteiger partial charge < -0.3 is 19.7 Å². The third-order valence-electron chi connectivity index (χ3n) is 10.1. The van der Waals surface area contributed by atoms with E-state index in [0.29, 0.717) is 35.8 Å². The summed E-state index contributed by atoms with van der Waals surface area (Å²) in [5, 5.41) is 24.1. The summed E-state index contributed by atoms with van der Waals surface area (Å²) in [6.07, 6.45) is 15.2. The topological polar surface area (TPSA) is 71.3 Å². The minimum absolute atomic E-state index is 0.211. The van der Waals surface area contributed by atoms with Crippen LogP contribution in [0.1, 0.15) is 167 Å². The zero-order chi connectivity index (χ0) is 38.4. The highest BCUT2D eigenvalue weighted by Crippen LogP contribution is 2.46. The summed E-state index contributed by atoms with van der Waals surface area (Å²) in [4.78, 5) is 4.85. The molecule has 0 aliphatic rings. The molecule has 0 saturated heterocycles. The number of aromatic hydroxyl groups is 1. The molecular weight excluding hydrogens is 650 g/mol. The Bertz CT molecular complexity index is 1470. The van der Waals surface area contributed by atoms with Gasteiger partial charge in [0.2, 0.25) is 0 Å². The van der Waals surface area contributed by atoms with Crippen molar-refractivity contribution >= 4 is 6.21 Å². The van der Waals surface area contributed by atoms with E-state index in [9.17, 15) is 14.6 Å². The van der Waals surface area contributed by atoms with Gasteiger partial charge in [0, 0.05) is 22.9 Å². The van der Waals surface area contributed by atoms with Crippen LogP contribution >= 0.6 is 0 Å². The molecule has 3 aromatic carbocycles. The van der Waals surface area contributed by atoms with Gasteiger partial charge in [-0.3, -0.25) is 4.99 Å². The molecule has 0 bridgehead atoms. The SMILES string of the molecule is CCCCCCCCOc1ccc(C(C)(C)C)cc1C(O)(c1cc(C(C)(C)C)ccc1OCCCCCCCC)C(C)N=Cc1cccc(F)c1O. The number of benzene rings is 3. The molecule has 2 N–H and O–H groups in total. The Morgan fingerprint density at radius 3 is 1.56 bits per heavy atom. The highest BCUT2D eigenvalue weighted by Gasteiger charge is 2.43. The molecule has 0 heterocycles. The average Bonchev–Trinajstić information content (AvgIpc) is 3.10. The van der Waals surface area contributed by atoms with Crippen molar-refractivity contribution in [2.45, 2.75) is 162 Å². The maximum Gasteiger partial charge on any atom is 0.165 e. The van der Waals surface area contributed by atoms with Crippen molar-refractivity contribution in [3.05, 3.63) is 88.2 Å². The number of ether oxygens (including phenoxy) is 2. The molecule has 0 amide bonds. The molecule has 1 unspecified atom stereocenters. The van der Waals surface area contributed by atoms with Crippen LogP contribution in [0, 0.1) is 5.82 Å². The van der Waals surface area contributed by atoms with Crippen LogP contribution in [0.4, 0.5) is 4.39 Å². The fourth-order valence-electron chi connectivity index (χ4n) is 6.50. The molecule has 1 atom stereocenters. The summed E-state index contributed by atoms with van der Waals surface area (Å²) in [7, 11) is 0. The first-order chi connectivity index (χ1) is 24.6. The van der Waals surface area contributed by atoms with E-state index in [4.69, 9.17) is 14.5 Å². The normalized spacial score (nSPS) is 13.1. The molecule has 5 nitrogen and oxygen atoms in total. The van der Waals surface area contributed by atoms with E-state index in [1.54, 1.807) is 6.07 Å². The van der Waals surface area contributed by atoms with Gasteiger partial charge in [-0.05, 0) is 78.1 Å². The number of phenolic OH excluding ortho intramolecular Hbond substituents is 1. The lowest BCUT2D eigenvalue weighted by Gasteiger charge is -2.37. The molecule has 52 heavy (non-hydrogen) atoms. The summed E-state index contributed by atoms with van der Waals surface area (Å²) in [6, 6.07) is 15.8. The first-order valence-electron chi connectivity index (χ1n) is 19.9. The summed E-state index contributed by atoms with van der Waals surface area (Å²) in [5.41, 5.74) is 1.40.